The second-order valence-corrected chi connectivity index (χ2v) is 10.4. The van der Waals surface area contributed by atoms with Crippen molar-refractivity contribution in [3.8, 4) is 0 Å². The highest BCUT2D eigenvalue weighted by Gasteiger charge is 2.33. The van der Waals surface area contributed by atoms with Gasteiger partial charge in [-0.15, -0.1) is 0 Å². The lowest BCUT2D eigenvalue weighted by molar-refractivity contribution is 0.0502. The lowest BCUT2D eigenvalue weighted by Crippen LogP contribution is -2.48. The lowest BCUT2D eigenvalue weighted by Gasteiger charge is -2.44. The van der Waals surface area contributed by atoms with Crippen molar-refractivity contribution >= 4 is 0 Å². The molecular weight excluding hydrogens is 306 g/mol. The zero-order chi connectivity index (χ0) is 18.0. The Morgan fingerprint density at radius 1 is 0.800 bits per heavy atom. The zero-order valence-corrected chi connectivity index (χ0v) is 17.6. The number of rotatable bonds is 4. The molecule has 3 aliphatic heterocycles. The molecule has 0 spiro atoms. The fraction of sp³-hybridized carbons (Fsp3) is 1.00. The molecule has 3 rings (SSSR count). The maximum Gasteiger partial charge on any atom is 0.0125 e. The van der Waals surface area contributed by atoms with Gasteiger partial charge in [0.15, 0.2) is 0 Å². The topological polar surface area (TPSA) is 9.72 Å². The van der Waals surface area contributed by atoms with Crippen LogP contribution in [0, 0.1) is 17.8 Å². The summed E-state index contributed by atoms with van der Waals surface area (Å²) in [6.45, 7) is 21.2. The Balaban J connectivity index is 1.37. The van der Waals surface area contributed by atoms with Crippen molar-refractivity contribution in [1.82, 2.24) is 14.7 Å². The second kappa shape index (κ2) is 8.27. The molecule has 0 N–H and O–H groups in total. The first-order valence-corrected chi connectivity index (χ1v) is 11.0. The number of likely N-dealkylation sites (tertiary alicyclic amines) is 3. The Labute approximate surface area is 157 Å². The van der Waals surface area contributed by atoms with Crippen LogP contribution < -0.4 is 0 Å². The molecule has 3 saturated heterocycles. The summed E-state index contributed by atoms with van der Waals surface area (Å²) < 4.78 is 0. The SMILES string of the molecule is CC(C)N1CCC(CN2CCC(C3CCN(C(C)(C)C)CC3)CC2)C1. The molecule has 0 bridgehead atoms. The normalized spacial score (nSPS) is 29.8. The minimum atomic E-state index is 0.361. The molecule has 3 aliphatic rings. The van der Waals surface area contributed by atoms with Gasteiger partial charge < -0.3 is 9.80 Å². The summed E-state index contributed by atoms with van der Waals surface area (Å²) in [6.07, 6.45) is 7.22. The third kappa shape index (κ3) is 5.20. The largest absolute Gasteiger partial charge is 0.303 e. The fourth-order valence-corrected chi connectivity index (χ4v) is 5.49. The summed E-state index contributed by atoms with van der Waals surface area (Å²) >= 11 is 0. The fourth-order valence-electron chi connectivity index (χ4n) is 5.49. The van der Waals surface area contributed by atoms with Crippen LogP contribution in [-0.4, -0.2) is 72.1 Å². The Morgan fingerprint density at radius 2 is 1.36 bits per heavy atom. The van der Waals surface area contributed by atoms with Gasteiger partial charge in [0, 0.05) is 24.7 Å². The standard InChI is InChI=1S/C22H43N3/c1-18(2)24-13-6-19(17-24)16-23-11-7-20(8-12-23)21-9-14-25(15-10-21)22(3,4)5/h18-21H,6-17H2,1-5H3. The number of hydrogen-bond acceptors (Lipinski definition) is 3. The molecule has 1 unspecified atom stereocenters. The molecule has 146 valence electrons. The van der Waals surface area contributed by atoms with Gasteiger partial charge in [0.05, 0.1) is 0 Å². The van der Waals surface area contributed by atoms with Gasteiger partial charge in [-0.1, -0.05) is 0 Å². The highest BCUT2D eigenvalue weighted by molar-refractivity contribution is 4.87. The van der Waals surface area contributed by atoms with Crippen molar-refractivity contribution in [2.45, 2.75) is 78.3 Å². The van der Waals surface area contributed by atoms with Gasteiger partial charge in [0.1, 0.15) is 0 Å². The Hall–Kier alpha value is -0.120. The Kier molecular flexibility index (Phi) is 6.50. The average Bonchev–Trinajstić information content (AvgIpc) is 3.04. The van der Waals surface area contributed by atoms with Gasteiger partial charge >= 0.3 is 0 Å². The number of nitrogens with zero attached hydrogens (tertiary/aromatic N) is 3. The van der Waals surface area contributed by atoms with Crippen molar-refractivity contribution in [3.63, 3.8) is 0 Å². The third-order valence-electron chi connectivity index (χ3n) is 7.35. The highest BCUT2D eigenvalue weighted by Crippen LogP contribution is 2.34. The molecule has 0 aromatic rings. The highest BCUT2D eigenvalue weighted by atomic mass is 15.2. The van der Waals surface area contributed by atoms with Crippen molar-refractivity contribution in [2.24, 2.45) is 17.8 Å². The van der Waals surface area contributed by atoms with Crippen LogP contribution in [0.5, 0.6) is 0 Å². The Morgan fingerprint density at radius 3 is 1.84 bits per heavy atom. The summed E-state index contributed by atoms with van der Waals surface area (Å²) in [5.74, 6) is 2.94. The summed E-state index contributed by atoms with van der Waals surface area (Å²) in [6, 6.07) is 0.731. The molecule has 3 heterocycles. The van der Waals surface area contributed by atoms with Crippen LogP contribution in [0.15, 0.2) is 0 Å². The zero-order valence-electron chi connectivity index (χ0n) is 17.6. The van der Waals surface area contributed by atoms with Crippen LogP contribution in [0.1, 0.15) is 66.7 Å². The molecule has 1 atom stereocenters. The summed E-state index contributed by atoms with van der Waals surface area (Å²) in [4.78, 5) is 8.15. The van der Waals surface area contributed by atoms with Gasteiger partial charge in [0.25, 0.3) is 0 Å². The molecule has 0 radical (unpaired) electrons. The minimum Gasteiger partial charge on any atom is -0.303 e. The number of hydrogen-bond donors (Lipinski definition) is 0. The van der Waals surface area contributed by atoms with E-state index in [2.05, 4.69) is 49.3 Å². The van der Waals surface area contributed by atoms with E-state index in [0.29, 0.717) is 5.54 Å². The van der Waals surface area contributed by atoms with Crippen LogP contribution in [-0.2, 0) is 0 Å². The summed E-state index contributed by atoms with van der Waals surface area (Å²) in [5, 5.41) is 0. The van der Waals surface area contributed by atoms with E-state index in [1.54, 1.807) is 0 Å². The van der Waals surface area contributed by atoms with E-state index in [9.17, 15) is 0 Å². The van der Waals surface area contributed by atoms with E-state index in [-0.39, 0.29) is 0 Å². The van der Waals surface area contributed by atoms with Crippen molar-refractivity contribution in [2.75, 3.05) is 45.8 Å². The Bertz CT molecular complexity index is 398. The number of piperidine rings is 2. The maximum absolute atomic E-state index is 2.79. The van der Waals surface area contributed by atoms with Gasteiger partial charge in [-0.2, -0.15) is 0 Å². The predicted molar refractivity (Wildman–Crippen MR) is 108 cm³/mol. The molecular formula is C22H43N3. The molecule has 0 saturated carbocycles. The first-order valence-electron chi connectivity index (χ1n) is 11.0. The first-order chi connectivity index (χ1) is 11.8. The molecule has 0 amide bonds. The van der Waals surface area contributed by atoms with Gasteiger partial charge in [-0.05, 0) is 117 Å². The predicted octanol–water partition coefficient (Wildman–Crippen LogP) is 3.94. The van der Waals surface area contributed by atoms with Gasteiger partial charge in [-0.25, -0.2) is 0 Å². The second-order valence-electron chi connectivity index (χ2n) is 10.4. The van der Waals surface area contributed by atoms with E-state index >= 15 is 0 Å². The van der Waals surface area contributed by atoms with Crippen LogP contribution in [0.2, 0.25) is 0 Å². The molecule has 0 aromatic heterocycles. The molecule has 0 aliphatic carbocycles. The van der Waals surface area contributed by atoms with E-state index in [1.807, 2.05) is 0 Å². The van der Waals surface area contributed by atoms with Crippen LogP contribution in [0.4, 0.5) is 0 Å². The minimum absolute atomic E-state index is 0.361. The van der Waals surface area contributed by atoms with E-state index in [4.69, 9.17) is 0 Å². The van der Waals surface area contributed by atoms with Crippen molar-refractivity contribution < 1.29 is 0 Å². The smallest absolute Gasteiger partial charge is 0.0125 e. The van der Waals surface area contributed by atoms with Crippen LogP contribution in [0.25, 0.3) is 0 Å². The average molecular weight is 350 g/mol. The van der Waals surface area contributed by atoms with Crippen molar-refractivity contribution in [1.29, 1.82) is 0 Å². The molecule has 0 aromatic carbocycles. The first kappa shape index (κ1) is 19.6. The molecule has 3 fully saturated rings. The van der Waals surface area contributed by atoms with Gasteiger partial charge in [-0.3, -0.25) is 4.90 Å². The molecule has 3 heteroatoms. The van der Waals surface area contributed by atoms with Crippen LogP contribution in [0.3, 0.4) is 0 Å². The third-order valence-corrected chi connectivity index (χ3v) is 7.35. The lowest BCUT2D eigenvalue weighted by atomic mass is 9.78. The van der Waals surface area contributed by atoms with E-state index in [0.717, 1.165) is 23.8 Å². The van der Waals surface area contributed by atoms with Crippen LogP contribution >= 0.6 is 0 Å². The summed E-state index contributed by atoms with van der Waals surface area (Å²) in [7, 11) is 0. The molecule has 3 nitrogen and oxygen atoms in total. The van der Waals surface area contributed by atoms with Crippen molar-refractivity contribution in [3.05, 3.63) is 0 Å². The maximum atomic E-state index is 2.79. The van der Waals surface area contributed by atoms with E-state index < -0.39 is 0 Å². The van der Waals surface area contributed by atoms with E-state index in [1.165, 1.54) is 77.9 Å². The quantitative estimate of drug-likeness (QED) is 0.761. The monoisotopic (exact) mass is 349 g/mol. The van der Waals surface area contributed by atoms with Gasteiger partial charge in [0.2, 0.25) is 0 Å². The molecule has 25 heavy (non-hydrogen) atoms. The summed E-state index contributed by atoms with van der Waals surface area (Å²) in [5.41, 5.74) is 0.361.